The van der Waals surface area contributed by atoms with E-state index in [0.29, 0.717) is 17.7 Å². The highest BCUT2D eigenvalue weighted by Crippen LogP contribution is 2.33. The zero-order valence-corrected chi connectivity index (χ0v) is 20.5. The third kappa shape index (κ3) is 5.21. The highest BCUT2D eigenvalue weighted by atomic mass is 19.1. The number of likely N-dealkylation sites (tertiary alicyclic amines) is 1. The quantitative estimate of drug-likeness (QED) is 0.317. The zero-order valence-electron chi connectivity index (χ0n) is 20.5. The van der Waals surface area contributed by atoms with Crippen molar-refractivity contribution >= 4 is 22.5 Å². The van der Waals surface area contributed by atoms with E-state index >= 15 is 0 Å². The molecule has 186 valence electrons. The van der Waals surface area contributed by atoms with Gasteiger partial charge in [-0.3, -0.25) is 4.79 Å². The summed E-state index contributed by atoms with van der Waals surface area (Å²) >= 11 is 0. The number of aromatic amines is 1. The summed E-state index contributed by atoms with van der Waals surface area (Å²) in [6.07, 6.45) is 2.93. The molecule has 1 saturated heterocycles. The van der Waals surface area contributed by atoms with Crippen LogP contribution >= 0.6 is 0 Å². The van der Waals surface area contributed by atoms with Gasteiger partial charge in [-0.2, -0.15) is 0 Å². The van der Waals surface area contributed by atoms with E-state index in [2.05, 4.69) is 22.2 Å². The number of hydrogen-bond donors (Lipinski definition) is 2. The van der Waals surface area contributed by atoms with Crippen molar-refractivity contribution in [2.24, 2.45) is 0 Å². The number of nitrogens with zero attached hydrogens (tertiary/aromatic N) is 1. The maximum Gasteiger partial charge on any atom is 0.255 e. The van der Waals surface area contributed by atoms with Crippen LogP contribution in [-0.4, -0.2) is 42.0 Å². The Labute approximate surface area is 210 Å². The molecular weight excluding hydrogens is 457 g/mol. The minimum Gasteiger partial charge on any atom is -0.490 e. The summed E-state index contributed by atoms with van der Waals surface area (Å²) < 4.78 is 25.8. The average molecular weight is 488 g/mol. The number of carbonyl (C=O) groups is 1. The number of hydrogen-bond acceptors (Lipinski definition) is 4. The SMILES string of the molecule is CCc1[nH]c2cc(Oc3ccccc3F)ccc2c1NC(=O)c1ccc(OC2CCN(C)CC2)cc1. The molecule has 0 radical (unpaired) electrons. The van der Waals surface area contributed by atoms with Crippen LogP contribution in [0.5, 0.6) is 17.2 Å². The number of rotatable bonds is 7. The largest absolute Gasteiger partial charge is 0.490 e. The molecule has 0 aliphatic carbocycles. The second-order valence-corrected chi connectivity index (χ2v) is 9.17. The molecule has 6 nitrogen and oxygen atoms in total. The first kappa shape index (κ1) is 23.9. The van der Waals surface area contributed by atoms with E-state index in [0.717, 1.165) is 54.0 Å². The standard InChI is InChI=1S/C29H30FN3O3/c1-3-25-28(23-13-12-22(18-26(23)31-25)36-27-7-5-4-6-24(27)30)32-29(34)19-8-10-20(11-9-19)35-21-14-16-33(2)17-15-21/h4-13,18,21,31H,3,14-17H2,1-2H3,(H,32,34). The van der Waals surface area contributed by atoms with E-state index in [1.165, 1.54) is 6.07 Å². The summed E-state index contributed by atoms with van der Waals surface area (Å²) in [5.74, 6) is 0.840. The Balaban J connectivity index is 1.30. The third-order valence-corrected chi connectivity index (χ3v) is 6.59. The van der Waals surface area contributed by atoms with Crippen LogP contribution < -0.4 is 14.8 Å². The molecule has 0 unspecified atom stereocenters. The molecule has 3 aromatic carbocycles. The number of H-pyrrole nitrogens is 1. The number of amides is 1. The molecule has 0 saturated carbocycles. The Bertz CT molecular complexity index is 1360. The number of halogens is 1. The van der Waals surface area contributed by atoms with Gasteiger partial charge in [0, 0.05) is 35.8 Å². The first-order chi connectivity index (χ1) is 17.5. The van der Waals surface area contributed by atoms with E-state index in [1.807, 2.05) is 31.2 Å². The third-order valence-electron chi connectivity index (χ3n) is 6.59. The van der Waals surface area contributed by atoms with Crippen LogP contribution in [0.4, 0.5) is 10.1 Å². The number of nitrogens with one attached hydrogen (secondary N) is 2. The Hall–Kier alpha value is -3.84. The normalized spacial score (nSPS) is 14.6. The van der Waals surface area contributed by atoms with Crippen molar-refractivity contribution in [2.45, 2.75) is 32.3 Å². The summed E-state index contributed by atoms with van der Waals surface area (Å²) in [7, 11) is 2.12. The Morgan fingerprint density at radius 1 is 1.06 bits per heavy atom. The maximum absolute atomic E-state index is 14.0. The number of aromatic nitrogens is 1. The van der Waals surface area contributed by atoms with Crippen molar-refractivity contribution in [1.82, 2.24) is 9.88 Å². The molecule has 2 N–H and O–H groups in total. The van der Waals surface area contributed by atoms with Crippen molar-refractivity contribution in [3.63, 3.8) is 0 Å². The molecular formula is C29H30FN3O3. The number of anilines is 1. The number of benzene rings is 3. The highest BCUT2D eigenvalue weighted by Gasteiger charge is 2.19. The number of carbonyl (C=O) groups excluding carboxylic acids is 1. The van der Waals surface area contributed by atoms with Crippen molar-refractivity contribution in [3.05, 3.63) is 83.8 Å². The van der Waals surface area contributed by atoms with Crippen LogP contribution in [0.2, 0.25) is 0 Å². The topological polar surface area (TPSA) is 66.6 Å². The molecule has 0 bridgehead atoms. The Morgan fingerprint density at radius 3 is 2.50 bits per heavy atom. The summed E-state index contributed by atoms with van der Waals surface area (Å²) in [5, 5.41) is 3.93. The van der Waals surface area contributed by atoms with Crippen LogP contribution in [0, 0.1) is 5.82 Å². The van der Waals surface area contributed by atoms with Crippen LogP contribution in [-0.2, 0) is 6.42 Å². The first-order valence-corrected chi connectivity index (χ1v) is 12.3. The second-order valence-electron chi connectivity index (χ2n) is 9.17. The summed E-state index contributed by atoms with van der Waals surface area (Å²) in [5.41, 5.74) is 3.00. The molecule has 1 aromatic heterocycles. The number of ether oxygens (including phenoxy) is 2. The van der Waals surface area contributed by atoms with E-state index < -0.39 is 5.82 Å². The lowest BCUT2D eigenvalue weighted by Gasteiger charge is -2.29. The van der Waals surface area contributed by atoms with E-state index in [4.69, 9.17) is 9.47 Å². The van der Waals surface area contributed by atoms with Gasteiger partial charge in [0.15, 0.2) is 11.6 Å². The lowest BCUT2D eigenvalue weighted by molar-refractivity contribution is 0.102. The smallest absolute Gasteiger partial charge is 0.255 e. The molecule has 1 aliphatic rings. The van der Waals surface area contributed by atoms with Crippen LogP contribution in [0.25, 0.3) is 10.9 Å². The molecule has 0 atom stereocenters. The van der Waals surface area contributed by atoms with Crippen molar-refractivity contribution < 1.29 is 18.7 Å². The van der Waals surface area contributed by atoms with Crippen LogP contribution in [0.15, 0.2) is 66.7 Å². The molecule has 36 heavy (non-hydrogen) atoms. The average Bonchev–Trinajstić information content (AvgIpc) is 3.23. The fourth-order valence-corrected chi connectivity index (χ4v) is 4.52. The Kier molecular flexibility index (Phi) is 6.91. The van der Waals surface area contributed by atoms with E-state index in [9.17, 15) is 9.18 Å². The number of piperidine rings is 1. The van der Waals surface area contributed by atoms with Gasteiger partial charge < -0.3 is 24.7 Å². The van der Waals surface area contributed by atoms with Gasteiger partial charge in [-0.05, 0) is 74.8 Å². The number of aryl methyl sites for hydroxylation is 1. The highest BCUT2D eigenvalue weighted by molar-refractivity contribution is 6.10. The molecule has 1 aliphatic heterocycles. The molecule has 4 aromatic rings. The van der Waals surface area contributed by atoms with Gasteiger partial charge in [0.25, 0.3) is 5.91 Å². The predicted molar refractivity (Wildman–Crippen MR) is 140 cm³/mol. The fourth-order valence-electron chi connectivity index (χ4n) is 4.52. The van der Waals surface area contributed by atoms with Crippen LogP contribution in [0.1, 0.15) is 35.8 Å². The molecule has 1 fully saturated rings. The first-order valence-electron chi connectivity index (χ1n) is 12.3. The fraction of sp³-hybridized carbons (Fsp3) is 0.276. The van der Waals surface area contributed by atoms with Crippen molar-refractivity contribution in [2.75, 3.05) is 25.5 Å². The number of fused-ring (bicyclic) bond motifs is 1. The summed E-state index contributed by atoms with van der Waals surface area (Å²) in [6, 6.07) is 19.0. The minimum atomic E-state index is -0.422. The summed E-state index contributed by atoms with van der Waals surface area (Å²) in [4.78, 5) is 18.7. The Morgan fingerprint density at radius 2 is 1.78 bits per heavy atom. The van der Waals surface area contributed by atoms with Gasteiger partial charge in [-0.1, -0.05) is 19.1 Å². The van der Waals surface area contributed by atoms with Gasteiger partial charge in [-0.15, -0.1) is 0 Å². The minimum absolute atomic E-state index is 0.163. The monoisotopic (exact) mass is 487 g/mol. The van der Waals surface area contributed by atoms with Gasteiger partial charge >= 0.3 is 0 Å². The summed E-state index contributed by atoms with van der Waals surface area (Å²) in [6.45, 7) is 4.09. The van der Waals surface area contributed by atoms with E-state index in [1.54, 1.807) is 36.4 Å². The van der Waals surface area contributed by atoms with Gasteiger partial charge in [-0.25, -0.2) is 4.39 Å². The molecule has 1 amide bonds. The molecule has 2 heterocycles. The molecule has 5 rings (SSSR count). The lowest BCUT2D eigenvalue weighted by Crippen LogP contribution is -2.35. The predicted octanol–water partition coefficient (Wildman–Crippen LogP) is 6.39. The zero-order chi connectivity index (χ0) is 25.1. The molecule has 0 spiro atoms. The van der Waals surface area contributed by atoms with Crippen molar-refractivity contribution in [3.8, 4) is 17.2 Å². The van der Waals surface area contributed by atoms with Gasteiger partial charge in [0.05, 0.1) is 11.2 Å². The van der Waals surface area contributed by atoms with Gasteiger partial charge in [0.2, 0.25) is 0 Å². The maximum atomic E-state index is 14.0. The van der Waals surface area contributed by atoms with Crippen LogP contribution in [0.3, 0.4) is 0 Å². The second kappa shape index (κ2) is 10.4. The van der Waals surface area contributed by atoms with Gasteiger partial charge in [0.1, 0.15) is 17.6 Å². The van der Waals surface area contributed by atoms with Crippen molar-refractivity contribution in [1.29, 1.82) is 0 Å². The van der Waals surface area contributed by atoms with E-state index in [-0.39, 0.29) is 17.8 Å². The molecule has 7 heteroatoms. The number of para-hydroxylation sites is 1. The lowest BCUT2D eigenvalue weighted by atomic mass is 10.1.